The predicted octanol–water partition coefficient (Wildman–Crippen LogP) is 6.35. The van der Waals surface area contributed by atoms with Gasteiger partial charge in [-0.05, 0) is 81.3 Å². The van der Waals surface area contributed by atoms with Gasteiger partial charge in [0.15, 0.2) is 11.6 Å². The number of halogens is 2. The van der Waals surface area contributed by atoms with Crippen molar-refractivity contribution in [1.29, 1.82) is 0 Å². The summed E-state index contributed by atoms with van der Waals surface area (Å²) < 4.78 is 5.87. The zero-order chi connectivity index (χ0) is 21.1. The number of ether oxygens (including phenoxy) is 1. The Labute approximate surface area is 181 Å². The molecule has 0 unspecified atom stereocenters. The van der Waals surface area contributed by atoms with Gasteiger partial charge in [-0.15, -0.1) is 0 Å². The minimum atomic E-state index is -1.03. The van der Waals surface area contributed by atoms with Crippen molar-refractivity contribution in [3.8, 4) is 11.1 Å². The van der Waals surface area contributed by atoms with E-state index in [4.69, 9.17) is 27.9 Å². The molecule has 29 heavy (non-hydrogen) atoms. The minimum absolute atomic E-state index is 0.192. The van der Waals surface area contributed by atoms with Gasteiger partial charge >= 0.3 is 0 Å². The molecule has 1 saturated heterocycles. The smallest absolute Gasteiger partial charge is 0.179 e. The van der Waals surface area contributed by atoms with Gasteiger partial charge in [0.05, 0.1) is 0 Å². The van der Waals surface area contributed by atoms with Gasteiger partial charge < -0.3 is 4.74 Å². The lowest BCUT2D eigenvalue weighted by Gasteiger charge is -2.43. The Morgan fingerprint density at radius 3 is 2.03 bits per heavy atom. The zero-order valence-corrected chi connectivity index (χ0v) is 18.5. The fourth-order valence-corrected chi connectivity index (χ4v) is 4.83. The van der Waals surface area contributed by atoms with Crippen molar-refractivity contribution in [1.82, 2.24) is 0 Å². The second-order valence-electron chi connectivity index (χ2n) is 9.03. The highest BCUT2D eigenvalue weighted by Crippen LogP contribution is 2.48. The molecule has 1 saturated carbocycles. The van der Waals surface area contributed by atoms with E-state index >= 15 is 0 Å². The summed E-state index contributed by atoms with van der Waals surface area (Å²) in [4.78, 5) is 26.6. The van der Waals surface area contributed by atoms with Crippen LogP contribution in [0, 0.1) is 0 Å². The average molecular weight is 431 g/mol. The number of ketones is 2. The van der Waals surface area contributed by atoms with Gasteiger partial charge in [0, 0.05) is 15.6 Å². The fourth-order valence-electron chi connectivity index (χ4n) is 4.32. The van der Waals surface area contributed by atoms with Crippen LogP contribution in [0.15, 0.2) is 36.4 Å². The second-order valence-corrected chi connectivity index (χ2v) is 9.87. The highest BCUT2D eigenvalue weighted by molar-refractivity contribution is 6.36. The molecule has 0 atom stereocenters. The summed E-state index contributed by atoms with van der Waals surface area (Å²) in [7, 11) is 0. The molecule has 2 aromatic rings. The predicted molar refractivity (Wildman–Crippen MR) is 116 cm³/mol. The van der Waals surface area contributed by atoms with Gasteiger partial charge in [-0.25, -0.2) is 0 Å². The molecule has 1 aliphatic carbocycles. The monoisotopic (exact) mass is 430 g/mol. The molecule has 152 valence electrons. The number of Topliss-reactive ketones (excluding diaryl/α,β-unsaturated/α-hetero) is 2. The maximum Gasteiger partial charge on any atom is 0.179 e. The third-order valence-corrected chi connectivity index (χ3v) is 6.43. The fraction of sp³-hybridized carbons (Fsp3) is 0.417. The van der Waals surface area contributed by atoms with Crippen LogP contribution in [-0.4, -0.2) is 22.8 Å². The highest BCUT2D eigenvalue weighted by Gasteiger charge is 2.53. The lowest BCUT2D eigenvalue weighted by molar-refractivity contribution is -0.184. The average Bonchev–Trinajstić information content (AvgIpc) is 3.45. The first kappa shape index (κ1) is 20.6. The van der Waals surface area contributed by atoms with Gasteiger partial charge in [0.2, 0.25) is 0 Å². The van der Waals surface area contributed by atoms with Gasteiger partial charge in [-0.1, -0.05) is 41.4 Å². The van der Waals surface area contributed by atoms with E-state index < -0.39 is 17.1 Å². The maximum atomic E-state index is 13.3. The molecule has 4 rings (SSSR count). The SMILES string of the molecule is CC1(C)OC(C)(C)C(=O)C(c2cc(-c3ccc(Cl)cc3Cl)ccc2C2CC2)C1=O. The molecule has 2 fully saturated rings. The molecular formula is C24H24Cl2O3. The summed E-state index contributed by atoms with van der Waals surface area (Å²) in [5.41, 5.74) is 1.50. The van der Waals surface area contributed by atoms with Crippen LogP contribution >= 0.6 is 23.2 Å². The molecule has 1 aliphatic heterocycles. The molecule has 2 aromatic carbocycles. The lowest BCUT2D eigenvalue weighted by Crippen LogP contribution is -2.58. The largest absolute Gasteiger partial charge is 0.354 e. The summed E-state index contributed by atoms with van der Waals surface area (Å²) >= 11 is 12.5. The van der Waals surface area contributed by atoms with E-state index in [0.29, 0.717) is 16.0 Å². The Morgan fingerprint density at radius 1 is 0.862 bits per heavy atom. The number of hydrogen-bond donors (Lipinski definition) is 0. The molecule has 0 spiro atoms. The van der Waals surface area contributed by atoms with Crippen LogP contribution in [0.4, 0.5) is 0 Å². The van der Waals surface area contributed by atoms with E-state index in [1.54, 1.807) is 39.8 Å². The Balaban J connectivity index is 1.89. The molecule has 0 aromatic heterocycles. The minimum Gasteiger partial charge on any atom is -0.354 e. The first-order valence-electron chi connectivity index (χ1n) is 9.89. The Morgan fingerprint density at radius 2 is 1.48 bits per heavy atom. The van der Waals surface area contributed by atoms with Crippen molar-refractivity contribution in [2.45, 2.75) is 63.6 Å². The van der Waals surface area contributed by atoms with Crippen molar-refractivity contribution in [2.24, 2.45) is 0 Å². The molecule has 0 amide bonds. The van der Waals surface area contributed by atoms with Crippen LogP contribution < -0.4 is 0 Å². The molecule has 1 heterocycles. The van der Waals surface area contributed by atoms with E-state index in [1.165, 1.54) is 0 Å². The number of rotatable bonds is 3. The van der Waals surface area contributed by atoms with Crippen molar-refractivity contribution in [2.75, 3.05) is 0 Å². The summed E-state index contributed by atoms with van der Waals surface area (Å²) in [5, 5.41) is 1.10. The number of carbonyl (C=O) groups is 2. The Kier molecular flexibility index (Phi) is 4.92. The first-order chi connectivity index (χ1) is 13.5. The Hall–Kier alpha value is -1.68. The van der Waals surface area contributed by atoms with Crippen LogP contribution in [0.2, 0.25) is 10.0 Å². The van der Waals surface area contributed by atoms with Crippen LogP contribution in [0.1, 0.15) is 63.5 Å². The van der Waals surface area contributed by atoms with Crippen LogP contribution in [0.3, 0.4) is 0 Å². The van der Waals surface area contributed by atoms with Crippen molar-refractivity contribution >= 4 is 34.8 Å². The van der Waals surface area contributed by atoms with Crippen LogP contribution in [0.5, 0.6) is 0 Å². The summed E-state index contributed by atoms with van der Waals surface area (Å²) in [5.74, 6) is -0.823. The topological polar surface area (TPSA) is 43.4 Å². The van der Waals surface area contributed by atoms with Gasteiger partial charge in [0.1, 0.15) is 17.1 Å². The van der Waals surface area contributed by atoms with Crippen molar-refractivity contribution in [3.05, 3.63) is 57.6 Å². The number of hydrogen-bond acceptors (Lipinski definition) is 3. The first-order valence-corrected chi connectivity index (χ1v) is 10.6. The maximum absolute atomic E-state index is 13.3. The molecule has 0 bridgehead atoms. The molecule has 2 aliphatic rings. The summed E-state index contributed by atoms with van der Waals surface area (Å²) in [6.07, 6.45) is 2.15. The van der Waals surface area contributed by atoms with E-state index in [1.807, 2.05) is 24.3 Å². The van der Waals surface area contributed by atoms with Gasteiger partial charge in [0.25, 0.3) is 0 Å². The molecule has 3 nitrogen and oxygen atoms in total. The number of carbonyl (C=O) groups excluding carboxylic acids is 2. The van der Waals surface area contributed by atoms with Crippen molar-refractivity contribution < 1.29 is 14.3 Å². The Bertz CT molecular complexity index is 993. The molecular weight excluding hydrogens is 407 g/mol. The van der Waals surface area contributed by atoms with E-state index in [0.717, 1.165) is 35.1 Å². The third kappa shape index (κ3) is 3.65. The van der Waals surface area contributed by atoms with E-state index in [-0.39, 0.29) is 11.6 Å². The standard InChI is InChI=1S/C24H24Cl2O3/c1-23(2)21(27)20(22(28)24(3,4)29-23)18-11-14(7-9-16(18)13-5-6-13)17-10-8-15(25)12-19(17)26/h7-13,20H,5-6H2,1-4H3. The molecule has 0 N–H and O–H groups in total. The highest BCUT2D eigenvalue weighted by atomic mass is 35.5. The summed E-state index contributed by atoms with van der Waals surface area (Å²) in [6, 6.07) is 11.4. The lowest BCUT2D eigenvalue weighted by atomic mass is 9.73. The van der Waals surface area contributed by atoms with Crippen LogP contribution in [0.25, 0.3) is 11.1 Å². The van der Waals surface area contributed by atoms with Crippen LogP contribution in [-0.2, 0) is 14.3 Å². The van der Waals surface area contributed by atoms with Gasteiger partial charge in [-0.2, -0.15) is 0 Å². The number of benzene rings is 2. The van der Waals surface area contributed by atoms with E-state index in [9.17, 15) is 9.59 Å². The van der Waals surface area contributed by atoms with Crippen molar-refractivity contribution in [3.63, 3.8) is 0 Å². The molecule has 5 heteroatoms. The normalized spacial score (nSPS) is 21.4. The zero-order valence-electron chi connectivity index (χ0n) is 17.0. The second kappa shape index (κ2) is 6.94. The quantitative estimate of drug-likeness (QED) is 0.532. The third-order valence-electron chi connectivity index (χ3n) is 5.88. The summed E-state index contributed by atoms with van der Waals surface area (Å²) in [6.45, 7) is 6.97. The van der Waals surface area contributed by atoms with E-state index in [2.05, 4.69) is 0 Å². The molecule has 0 radical (unpaired) electrons. The van der Waals surface area contributed by atoms with Gasteiger partial charge in [-0.3, -0.25) is 9.59 Å².